The van der Waals surface area contributed by atoms with Crippen molar-refractivity contribution >= 4 is 16.8 Å². The topological polar surface area (TPSA) is 59.8 Å². The number of benzene rings is 1. The van der Waals surface area contributed by atoms with Crippen molar-refractivity contribution in [3.8, 4) is 0 Å². The summed E-state index contributed by atoms with van der Waals surface area (Å²) >= 11 is 0. The smallest absolute Gasteiger partial charge is 0.252 e. The number of amides is 1. The van der Waals surface area contributed by atoms with Gasteiger partial charge in [0.15, 0.2) is 0 Å². The number of pyridine rings is 1. The molecule has 2 aromatic heterocycles. The van der Waals surface area contributed by atoms with Crippen LogP contribution in [0, 0.1) is 20.8 Å². The highest BCUT2D eigenvalue weighted by Crippen LogP contribution is 2.24. The Morgan fingerprint density at radius 3 is 2.81 bits per heavy atom. The number of carbonyl (C=O) groups is 1. The predicted molar refractivity (Wildman–Crippen MR) is 105 cm³/mol. The summed E-state index contributed by atoms with van der Waals surface area (Å²) in [5.41, 5.74) is 4.59. The number of nitrogens with one attached hydrogen (secondary N) is 1. The van der Waals surface area contributed by atoms with E-state index in [9.17, 15) is 4.79 Å². The first kappa shape index (κ1) is 18.1. The third-order valence-corrected chi connectivity index (χ3v) is 4.83. The van der Waals surface area contributed by atoms with Gasteiger partial charge in [0.25, 0.3) is 5.91 Å². The number of nitrogens with zero attached hydrogens (tertiary/aromatic N) is 3. The summed E-state index contributed by atoms with van der Waals surface area (Å²) in [6, 6.07) is 6.06. The molecule has 1 aromatic carbocycles. The van der Waals surface area contributed by atoms with Crippen molar-refractivity contribution in [2.45, 2.75) is 47.1 Å². The van der Waals surface area contributed by atoms with Crippen molar-refractivity contribution in [3.63, 3.8) is 0 Å². The van der Waals surface area contributed by atoms with E-state index in [1.807, 2.05) is 51.4 Å². The number of rotatable bonds is 6. The average molecular weight is 350 g/mol. The Labute approximate surface area is 154 Å². The van der Waals surface area contributed by atoms with E-state index in [2.05, 4.69) is 26.8 Å². The zero-order valence-electron chi connectivity index (χ0n) is 16.0. The summed E-state index contributed by atoms with van der Waals surface area (Å²) in [5.74, 6) is 1.06. The standard InChI is InChI=1S/C21H26N4O/c1-5-19-22-10-12-25(19)11-6-9-23-21(26)20-15(3)16(4)24-18-8-7-14(2)13-17(18)20/h7-8,10,12-13H,5-6,9,11H2,1-4H3,(H,23,26). The summed E-state index contributed by atoms with van der Waals surface area (Å²) in [6.07, 6.45) is 5.61. The molecule has 0 atom stereocenters. The van der Waals surface area contributed by atoms with E-state index in [1.165, 1.54) is 0 Å². The lowest BCUT2D eigenvalue weighted by Gasteiger charge is -2.13. The van der Waals surface area contributed by atoms with Crippen LogP contribution in [0.5, 0.6) is 0 Å². The lowest BCUT2D eigenvalue weighted by atomic mass is 9.99. The third-order valence-electron chi connectivity index (χ3n) is 4.83. The Bertz CT molecular complexity index is 943. The van der Waals surface area contributed by atoms with Gasteiger partial charge in [0, 0.05) is 43.0 Å². The number of aromatic nitrogens is 3. The number of fused-ring (bicyclic) bond motifs is 1. The molecule has 3 aromatic rings. The van der Waals surface area contributed by atoms with Crippen molar-refractivity contribution in [3.05, 3.63) is 58.8 Å². The molecule has 0 aliphatic carbocycles. The zero-order valence-corrected chi connectivity index (χ0v) is 16.0. The first-order valence-electron chi connectivity index (χ1n) is 9.17. The van der Waals surface area contributed by atoms with Gasteiger partial charge in [0.2, 0.25) is 0 Å². The van der Waals surface area contributed by atoms with Crippen LogP contribution in [0.2, 0.25) is 0 Å². The fraction of sp³-hybridized carbons (Fsp3) is 0.381. The van der Waals surface area contributed by atoms with Crippen molar-refractivity contribution < 1.29 is 4.79 Å². The number of imidazole rings is 1. The Balaban J connectivity index is 1.73. The number of hydrogen-bond acceptors (Lipinski definition) is 3. The first-order chi connectivity index (χ1) is 12.5. The molecular formula is C21H26N4O. The minimum atomic E-state index is -0.0232. The maximum Gasteiger partial charge on any atom is 0.252 e. The molecule has 2 heterocycles. The Morgan fingerprint density at radius 1 is 1.23 bits per heavy atom. The van der Waals surface area contributed by atoms with E-state index in [0.29, 0.717) is 6.54 Å². The van der Waals surface area contributed by atoms with Gasteiger partial charge in [-0.15, -0.1) is 0 Å². The van der Waals surface area contributed by atoms with Crippen molar-refractivity contribution in [2.75, 3.05) is 6.54 Å². The van der Waals surface area contributed by atoms with E-state index in [4.69, 9.17) is 0 Å². The molecule has 0 bridgehead atoms. The molecule has 0 aliphatic heterocycles. The molecule has 0 saturated heterocycles. The maximum atomic E-state index is 12.9. The quantitative estimate of drug-likeness (QED) is 0.689. The van der Waals surface area contributed by atoms with Gasteiger partial charge in [-0.1, -0.05) is 18.6 Å². The molecule has 0 unspecified atom stereocenters. The highest BCUT2D eigenvalue weighted by atomic mass is 16.1. The van der Waals surface area contributed by atoms with Crippen LogP contribution in [0.1, 0.15) is 46.3 Å². The zero-order chi connectivity index (χ0) is 18.7. The van der Waals surface area contributed by atoms with Crippen LogP contribution in [0.15, 0.2) is 30.6 Å². The fourth-order valence-corrected chi connectivity index (χ4v) is 3.29. The fourth-order valence-electron chi connectivity index (χ4n) is 3.29. The number of carbonyl (C=O) groups excluding carboxylic acids is 1. The number of aryl methyl sites for hydroxylation is 4. The highest BCUT2D eigenvalue weighted by Gasteiger charge is 2.16. The molecule has 5 heteroatoms. The molecule has 1 N–H and O–H groups in total. The predicted octanol–water partition coefficient (Wildman–Crippen LogP) is 3.74. The molecule has 136 valence electrons. The largest absolute Gasteiger partial charge is 0.352 e. The van der Waals surface area contributed by atoms with Gasteiger partial charge in [-0.05, 0) is 44.9 Å². The molecule has 0 aliphatic rings. The second kappa shape index (κ2) is 7.68. The van der Waals surface area contributed by atoms with Crippen LogP contribution in [-0.2, 0) is 13.0 Å². The van der Waals surface area contributed by atoms with Gasteiger partial charge in [0.05, 0.1) is 11.1 Å². The second-order valence-electron chi connectivity index (χ2n) is 6.72. The van der Waals surface area contributed by atoms with Crippen LogP contribution >= 0.6 is 0 Å². The molecule has 1 amide bonds. The van der Waals surface area contributed by atoms with E-state index in [1.54, 1.807) is 0 Å². The van der Waals surface area contributed by atoms with Crippen LogP contribution in [-0.4, -0.2) is 27.0 Å². The van der Waals surface area contributed by atoms with E-state index in [-0.39, 0.29) is 5.91 Å². The first-order valence-corrected chi connectivity index (χ1v) is 9.17. The minimum absolute atomic E-state index is 0.0232. The molecule has 0 fully saturated rings. The van der Waals surface area contributed by atoms with Gasteiger partial charge in [-0.3, -0.25) is 9.78 Å². The normalized spacial score (nSPS) is 11.1. The second-order valence-corrected chi connectivity index (χ2v) is 6.72. The van der Waals surface area contributed by atoms with Crippen molar-refractivity contribution in [2.24, 2.45) is 0 Å². The Hall–Kier alpha value is -2.69. The van der Waals surface area contributed by atoms with Gasteiger partial charge in [0.1, 0.15) is 5.82 Å². The summed E-state index contributed by atoms with van der Waals surface area (Å²) in [4.78, 5) is 21.8. The summed E-state index contributed by atoms with van der Waals surface area (Å²) in [6.45, 7) is 9.55. The van der Waals surface area contributed by atoms with Gasteiger partial charge in [-0.25, -0.2) is 4.98 Å². The van der Waals surface area contributed by atoms with Crippen LogP contribution < -0.4 is 5.32 Å². The summed E-state index contributed by atoms with van der Waals surface area (Å²) in [7, 11) is 0. The molecule has 3 rings (SSSR count). The van der Waals surface area contributed by atoms with Crippen LogP contribution in [0.3, 0.4) is 0 Å². The summed E-state index contributed by atoms with van der Waals surface area (Å²) in [5, 5.41) is 4.00. The molecule has 0 saturated carbocycles. The monoisotopic (exact) mass is 350 g/mol. The van der Waals surface area contributed by atoms with Crippen LogP contribution in [0.4, 0.5) is 0 Å². The molecule has 0 spiro atoms. The molecule has 26 heavy (non-hydrogen) atoms. The van der Waals surface area contributed by atoms with Gasteiger partial charge in [-0.2, -0.15) is 0 Å². The molecule has 0 radical (unpaired) electrons. The van der Waals surface area contributed by atoms with E-state index in [0.717, 1.165) is 58.5 Å². The van der Waals surface area contributed by atoms with Gasteiger partial charge >= 0.3 is 0 Å². The van der Waals surface area contributed by atoms with Crippen molar-refractivity contribution in [1.82, 2.24) is 19.9 Å². The lowest BCUT2D eigenvalue weighted by molar-refractivity contribution is 0.0953. The Kier molecular flexibility index (Phi) is 5.35. The van der Waals surface area contributed by atoms with Crippen LogP contribution in [0.25, 0.3) is 10.9 Å². The average Bonchev–Trinajstić information content (AvgIpc) is 3.07. The Morgan fingerprint density at radius 2 is 2.04 bits per heavy atom. The SMILES string of the molecule is CCc1nccn1CCCNC(=O)c1c(C)c(C)nc2ccc(C)cc12. The third kappa shape index (κ3) is 3.62. The lowest BCUT2D eigenvalue weighted by Crippen LogP contribution is -2.26. The molecule has 5 nitrogen and oxygen atoms in total. The summed E-state index contributed by atoms with van der Waals surface area (Å²) < 4.78 is 2.15. The number of hydrogen-bond donors (Lipinski definition) is 1. The van der Waals surface area contributed by atoms with Gasteiger partial charge < -0.3 is 9.88 Å². The molecular weight excluding hydrogens is 324 g/mol. The minimum Gasteiger partial charge on any atom is -0.352 e. The highest BCUT2D eigenvalue weighted by molar-refractivity contribution is 6.07. The maximum absolute atomic E-state index is 12.9. The van der Waals surface area contributed by atoms with E-state index >= 15 is 0 Å². The van der Waals surface area contributed by atoms with E-state index < -0.39 is 0 Å². The van der Waals surface area contributed by atoms with Crippen molar-refractivity contribution in [1.29, 1.82) is 0 Å².